The second kappa shape index (κ2) is 4.45. The summed E-state index contributed by atoms with van der Waals surface area (Å²) in [5, 5.41) is 0.878. The summed E-state index contributed by atoms with van der Waals surface area (Å²) >= 11 is 0. The molecule has 0 aliphatic rings. The molecule has 2 nitrogen and oxygen atoms in total. The van der Waals surface area contributed by atoms with Crippen LogP contribution in [-0.2, 0) is 7.05 Å². The Labute approximate surface area is 99.0 Å². The van der Waals surface area contributed by atoms with Crippen LogP contribution in [0.2, 0.25) is 0 Å². The van der Waals surface area contributed by atoms with Gasteiger partial charge >= 0.3 is 0 Å². The van der Waals surface area contributed by atoms with Gasteiger partial charge in [0, 0.05) is 30.2 Å². The third-order valence-corrected chi connectivity index (χ3v) is 3.38. The molecule has 2 aromatic rings. The third kappa shape index (κ3) is 1.82. The van der Waals surface area contributed by atoms with Crippen molar-refractivity contribution in [1.29, 1.82) is 0 Å². The number of hydrogen-bond acceptors (Lipinski definition) is 1. The van der Waals surface area contributed by atoms with Crippen molar-refractivity contribution in [1.82, 2.24) is 4.57 Å². The fraction of sp³-hybridized carbons (Fsp3) is 0.385. The predicted octanol–water partition coefficient (Wildman–Crippen LogP) is 2.79. The molecule has 1 aromatic heterocycles. The minimum Gasteiger partial charge on any atom is -0.348 e. The average molecular weight is 238 g/mol. The highest BCUT2D eigenvalue weighted by atomic mass is 19.3. The van der Waals surface area contributed by atoms with Crippen LogP contribution in [0.25, 0.3) is 10.9 Å². The number of fused-ring (bicyclic) bond motifs is 1. The van der Waals surface area contributed by atoms with E-state index in [2.05, 4.69) is 0 Å². The zero-order valence-electron chi connectivity index (χ0n) is 9.95. The van der Waals surface area contributed by atoms with E-state index in [1.807, 2.05) is 42.8 Å². The van der Waals surface area contributed by atoms with Crippen LogP contribution in [0.4, 0.5) is 8.78 Å². The van der Waals surface area contributed by atoms with Crippen molar-refractivity contribution in [3.05, 3.63) is 35.5 Å². The molecule has 2 N–H and O–H groups in total. The fourth-order valence-corrected chi connectivity index (χ4v) is 2.36. The summed E-state index contributed by atoms with van der Waals surface area (Å²) in [5.74, 6) is -0.888. The summed E-state index contributed by atoms with van der Waals surface area (Å²) < 4.78 is 28.0. The SMILES string of the molecule is Cc1c(C(CN)C(F)F)c2ccccc2n1C. The Balaban J connectivity index is 2.72. The minimum absolute atomic E-state index is 0.0352. The molecule has 0 amide bonds. The molecule has 1 unspecified atom stereocenters. The van der Waals surface area contributed by atoms with Gasteiger partial charge in [0.05, 0.1) is 5.92 Å². The van der Waals surface area contributed by atoms with E-state index < -0.39 is 12.3 Å². The topological polar surface area (TPSA) is 30.9 Å². The first-order chi connectivity index (χ1) is 8.07. The van der Waals surface area contributed by atoms with Crippen molar-refractivity contribution in [2.45, 2.75) is 19.3 Å². The van der Waals surface area contributed by atoms with Crippen LogP contribution in [0.5, 0.6) is 0 Å². The second-order valence-electron chi connectivity index (χ2n) is 4.25. The van der Waals surface area contributed by atoms with E-state index in [0.29, 0.717) is 5.56 Å². The van der Waals surface area contributed by atoms with Crippen LogP contribution in [-0.4, -0.2) is 17.5 Å². The molecule has 4 heteroatoms. The zero-order valence-corrected chi connectivity index (χ0v) is 9.95. The van der Waals surface area contributed by atoms with Crippen molar-refractivity contribution in [2.24, 2.45) is 12.8 Å². The maximum absolute atomic E-state index is 13.0. The third-order valence-electron chi connectivity index (χ3n) is 3.38. The molecule has 0 spiro atoms. The van der Waals surface area contributed by atoms with E-state index in [1.54, 1.807) is 0 Å². The van der Waals surface area contributed by atoms with E-state index in [-0.39, 0.29) is 6.54 Å². The van der Waals surface area contributed by atoms with Crippen LogP contribution in [0, 0.1) is 6.92 Å². The lowest BCUT2D eigenvalue weighted by molar-refractivity contribution is 0.117. The molecule has 0 bridgehead atoms. The Morgan fingerprint density at radius 2 is 1.94 bits per heavy atom. The quantitative estimate of drug-likeness (QED) is 0.875. The number of aryl methyl sites for hydroxylation is 1. The van der Waals surface area contributed by atoms with E-state index >= 15 is 0 Å². The smallest absolute Gasteiger partial charge is 0.246 e. The number of nitrogens with two attached hydrogens (primary N) is 1. The van der Waals surface area contributed by atoms with Crippen molar-refractivity contribution < 1.29 is 8.78 Å². The van der Waals surface area contributed by atoms with Gasteiger partial charge in [0.2, 0.25) is 6.43 Å². The minimum atomic E-state index is -2.43. The van der Waals surface area contributed by atoms with Gasteiger partial charge in [-0.15, -0.1) is 0 Å². The average Bonchev–Trinajstić information content (AvgIpc) is 2.56. The molecule has 0 saturated carbocycles. The largest absolute Gasteiger partial charge is 0.348 e. The Bertz CT molecular complexity index is 531. The first-order valence-electron chi connectivity index (χ1n) is 5.60. The first-order valence-corrected chi connectivity index (χ1v) is 5.60. The van der Waals surface area contributed by atoms with Gasteiger partial charge in [0.15, 0.2) is 0 Å². The molecule has 2 rings (SSSR count). The molecule has 0 saturated heterocycles. The maximum Gasteiger partial charge on any atom is 0.246 e. The Morgan fingerprint density at radius 1 is 1.29 bits per heavy atom. The van der Waals surface area contributed by atoms with Crippen molar-refractivity contribution in [3.63, 3.8) is 0 Å². The van der Waals surface area contributed by atoms with Crippen LogP contribution < -0.4 is 5.73 Å². The zero-order chi connectivity index (χ0) is 12.6. The number of benzene rings is 1. The van der Waals surface area contributed by atoms with Crippen LogP contribution in [0.1, 0.15) is 17.2 Å². The second-order valence-corrected chi connectivity index (χ2v) is 4.25. The predicted molar refractivity (Wildman–Crippen MR) is 65.5 cm³/mol. The highest BCUT2D eigenvalue weighted by Gasteiger charge is 2.26. The fourth-order valence-electron chi connectivity index (χ4n) is 2.36. The van der Waals surface area contributed by atoms with Crippen molar-refractivity contribution in [2.75, 3.05) is 6.54 Å². The summed E-state index contributed by atoms with van der Waals surface area (Å²) in [5.41, 5.74) is 8.00. The van der Waals surface area contributed by atoms with Crippen LogP contribution >= 0.6 is 0 Å². The number of para-hydroxylation sites is 1. The van der Waals surface area contributed by atoms with Gasteiger partial charge in [0.1, 0.15) is 0 Å². The van der Waals surface area contributed by atoms with Gasteiger partial charge in [-0.2, -0.15) is 0 Å². The van der Waals surface area contributed by atoms with E-state index in [9.17, 15) is 8.78 Å². The van der Waals surface area contributed by atoms with Crippen LogP contribution in [0.3, 0.4) is 0 Å². The molecule has 1 atom stereocenters. The molecular formula is C13H16F2N2. The summed E-state index contributed by atoms with van der Waals surface area (Å²) in [6.07, 6.45) is -2.43. The number of rotatable bonds is 3. The summed E-state index contributed by atoms with van der Waals surface area (Å²) in [6, 6.07) is 7.59. The molecule has 0 radical (unpaired) electrons. The Hall–Kier alpha value is -1.42. The lowest BCUT2D eigenvalue weighted by Crippen LogP contribution is -2.20. The molecule has 0 aliphatic heterocycles. The number of nitrogens with zero attached hydrogens (tertiary/aromatic N) is 1. The number of aromatic nitrogens is 1. The highest BCUT2D eigenvalue weighted by Crippen LogP contribution is 2.33. The van der Waals surface area contributed by atoms with Crippen LogP contribution in [0.15, 0.2) is 24.3 Å². The molecule has 92 valence electrons. The van der Waals surface area contributed by atoms with E-state index in [4.69, 9.17) is 5.73 Å². The first kappa shape index (κ1) is 12.0. The number of hydrogen-bond donors (Lipinski definition) is 1. The van der Waals surface area contributed by atoms with Crippen molar-refractivity contribution >= 4 is 10.9 Å². The van der Waals surface area contributed by atoms with Gasteiger partial charge in [-0.1, -0.05) is 18.2 Å². The van der Waals surface area contributed by atoms with Gasteiger partial charge in [-0.25, -0.2) is 8.78 Å². The summed E-state index contributed by atoms with van der Waals surface area (Å²) in [4.78, 5) is 0. The Morgan fingerprint density at radius 3 is 2.53 bits per heavy atom. The summed E-state index contributed by atoms with van der Waals surface area (Å²) in [7, 11) is 1.89. The lowest BCUT2D eigenvalue weighted by Gasteiger charge is -2.14. The Kier molecular flexibility index (Phi) is 3.15. The summed E-state index contributed by atoms with van der Waals surface area (Å²) in [6.45, 7) is 1.83. The van der Waals surface area contributed by atoms with Crippen molar-refractivity contribution in [3.8, 4) is 0 Å². The molecular weight excluding hydrogens is 222 g/mol. The van der Waals surface area contributed by atoms with Gasteiger partial charge < -0.3 is 10.3 Å². The molecule has 1 heterocycles. The van der Waals surface area contributed by atoms with E-state index in [1.165, 1.54) is 0 Å². The van der Waals surface area contributed by atoms with Gasteiger partial charge in [-0.05, 0) is 18.6 Å². The lowest BCUT2D eigenvalue weighted by atomic mass is 9.96. The number of halogens is 2. The monoisotopic (exact) mass is 238 g/mol. The molecule has 1 aromatic carbocycles. The standard InChI is InChI=1S/C13H16F2N2/c1-8-12(10(7-16)13(14)15)9-5-3-4-6-11(9)17(8)2/h3-6,10,13H,7,16H2,1-2H3. The number of alkyl halides is 2. The van der Waals surface area contributed by atoms with Gasteiger partial charge in [0.25, 0.3) is 0 Å². The maximum atomic E-state index is 13.0. The highest BCUT2D eigenvalue weighted by molar-refractivity contribution is 5.86. The van der Waals surface area contributed by atoms with Gasteiger partial charge in [-0.3, -0.25) is 0 Å². The normalized spacial score (nSPS) is 13.5. The van der Waals surface area contributed by atoms with E-state index in [0.717, 1.165) is 16.6 Å². The molecule has 17 heavy (non-hydrogen) atoms. The molecule has 0 aliphatic carbocycles. The molecule has 0 fully saturated rings.